The van der Waals surface area contributed by atoms with E-state index in [9.17, 15) is 14.4 Å². The molecule has 0 radical (unpaired) electrons. The van der Waals surface area contributed by atoms with Crippen molar-refractivity contribution in [1.29, 1.82) is 0 Å². The van der Waals surface area contributed by atoms with E-state index in [0.717, 1.165) is 5.56 Å². The summed E-state index contributed by atoms with van der Waals surface area (Å²) >= 11 is 0. The maximum Gasteiger partial charge on any atom is 0.270 e. The van der Waals surface area contributed by atoms with Crippen LogP contribution in [0.5, 0.6) is 0 Å². The molecule has 0 saturated carbocycles. The lowest BCUT2D eigenvalue weighted by molar-refractivity contribution is -0.114. The standard InChI is InChI=1S/C18H16N4O3/c1-12(23)21-14-7-5-13(6-8-14)10-20-17(24)15-11-19-16-4-2-3-9-22(16)18(15)25/h2-9,11H,10H2,1H3,(H,20,24)(H,21,23). The summed E-state index contributed by atoms with van der Waals surface area (Å²) in [6.45, 7) is 1.69. The Morgan fingerprint density at radius 3 is 2.60 bits per heavy atom. The quantitative estimate of drug-likeness (QED) is 0.756. The van der Waals surface area contributed by atoms with Gasteiger partial charge in [-0.2, -0.15) is 0 Å². The van der Waals surface area contributed by atoms with Gasteiger partial charge in [-0.1, -0.05) is 18.2 Å². The molecule has 3 aromatic rings. The van der Waals surface area contributed by atoms with Crippen molar-refractivity contribution in [3.05, 3.63) is 76.3 Å². The molecule has 7 heteroatoms. The summed E-state index contributed by atoms with van der Waals surface area (Å²) in [4.78, 5) is 39.7. The number of carbonyl (C=O) groups is 2. The molecule has 0 bridgehead atoms. The van der Waals surface area contributed by atoms with Crippen LogP contribution in [0.25, 0.3) is 5.65 Å². The zero-order valence-corrected chi connectivity index (χ0v) is 13.5. The third-order valence-electron chi connectivity index (χ3n) is 3.59. The Bertz CT molecular complexity index is 993. The number of amides is 2. The Morgan fingerprint density at radius 1 is 1.12 bits per heavy atom. The van der Waals surface area contributed by atoms with Crippen molar-refractivity contribution in [3.63, 3.8) is 0 Å². The van der Waals surface area contributed by atoms with E-state index >= 15 is 0 Å². The molecule has 2 aromatic heterocycles. The molecular weight excluding hydrogens is 320 g/mol. The number of nitrogens with one attached hydrogen (secondary N) is 2. The monoisotopic (exact) mass is 336 g/mol. The van der Waals surface area contributed by atoms with Crippen LogP contribution in [0.4, 0.5) is 5.69 Å². The van der Waals surface area contributed by atoms with Gasteiger partial charge in [-0.15, -0.1) is 0 Å². The van der Waals surface area contributed by atoms with Crippen LogP contribution < -0.4 is 16.2 Å². The largest absolute Gasteiger partial charge is 0.348 e. The van der Waals surface area contributed by atoms with Gasteiger partial charge in [0.2, 0.25) is 5.91 Å². The molecule has 0 aliphatic rings. The van der Waals surface area contributed by atoms with Crippen molar-refractivity contribution in [2.75, 3.05) is 5.32 Å². The Balaban J connectivity index is 1.71. The van der Waals surface area contributed by atoms with Gasteiger partial charge in [-0.25, -0.2) is 4.98 Å². The summed E-state index contributed by atoms with van der Waals surface area (Å²) in [5.41, 5.74) is 1.58. The number of pyridine rings is 1. The minimum absolute atomic E-state index is 0.0152. The van der Waals surface area contributed by atoms with Crippen molar-refractivity contribution >= 4 is 23.1 Å². The van der Waals surface area contributed by atoms with Gasteiger partial charge in [0, 0.05) is 31.5 Å². The van der Waals surface area contributed by atoms with Gasteiger partial charge in [-0.3, -0.25) is 18.8 Å². The predicted octanol–water partition coefficient (Wildman–Crippen LogP) is 1.58. The van der Waals surface area contributed by atoms with Crippen LogP contribution in [0.2, 0.25) is 0 Å². The first-order chi connectivity index (χ1) is 12.0. The molecule has 0 fully saturated rings. The molecule has 0 saturated heterocycles. The third kappa shape index (κ3) is 3.72. The van der Waals surface area contributed by atoms with E-state index < -0.39 is 11.5 Å². The lowest BCUT2D eigenvalue weighted by atomic mass is 10.2. The fourth-order valence-corrected chi connectivity index (χ4v) is 2.37. The maximum absolute atomic E-state index is 12.4. The van der Waals surface area contributed by atoms with Crippen molar-refractivity contribution in [3.8, 4) is 0 Å². The average Bonchev–Trinajstić information content (AvgIpc) is 2.61. The van der Waals surface area contributed by atoms with Crippen molar-refractivity contribution in [2.45, 2.75) is 13.5 Å². The first kappa shape index (κ1) is 16.4. The zero-order valence-electron chi connectivity index (χ0n) is 13.5. The van der Waals surface area contributed by atoms with Gasteiger partial charge in [0.05, 0.1) is 0 Å². The molecule has 1 aromatic carbocycles. The van der Waals surface area contributed by atoms with Gasteiger partial charge >= 0.3 is 0 Å². The Kier molecular flexibility index (Phi) is 4.56. The van der Waals surface area contributed by atoms with Crippen LogP contribution in [0, 0.1) is 0 Å². The molecule has 0 unspecified atom stereocenters. The maximum atomic E-state index is 12.4. The summed E-state index contributed by atoms with van der Waals surface area (Å²) in [6.07, 6.45) is 2.86. The van der Waals surface area contributed by atoms with E-state index in [1.807, 2.05) is 0 Å². The molecule has 7 nitrogen and oxygen atoms in total. The van der Waals surface area contributed by atoms with Crippen molar-refractivity contribution in [1.82, 2.24) is 14.7 Å². The highest BCUT2D eigenvalue weighted by atomic mass is 16.2. The molecule has 25 heavy (non-hydrogen) atoms. The van der Waals surface area contributed by atoms with E-state index in [2.05, 4.69) is 15.6 Å². The highest BCUT2D eigenvalue weighted by molar-refractivity contribution is 5.93. The molecule has 2 heterocycles. The first-order valence-corrected chi connectivity index (χ1v) is 7.66. The second-order valence-electron chi connectivity index (χ2n) is 5.47. The fraction of sp³-hybridized carbons (Fsp3) is 0.111. The number of anilines is 1. The normalized spacial score (nSPS) is 10.4. The van der Waals surface area contributed by atoms with Crippen molar-refractivity contribution < 1.29 is 9.59 Å². The van der Waals surface area contributed by atoms with Crippen LogP contribution in [0.3, 0.4) is 0 Å². The van der Waals surface area contributed by atoms with Gasteiger partial charge in [0.25, 0.3) is 11.5 Å². The van der Waals surface area contributed by atoms with Crippen LogP contribution in [-0.2, 0) is 11.3 Å². The van der Waals surface area contributed by atoms with E-state index in [0.29, 0.717) is 11.3 Å². The van der Waals surface area contributed by atoms with Gasteiger partial charge in [0.1, 0.15) is 11.2 Å². The molecule has 3 rings (SSSR count). The number of hydrogen-bond donors (Lipinski definition) is 2. The highest BCUT2D eigenvalue weighted by Gasteiger charge is 2.12. The summed E-state index contributed by atoms with van der Waals surface area (Å²) in [5.74, 6) is -0.632. The second-order valence-corrected chi connectivity index (χ2v) is 5.47. The number of aromatic nitrogens is 2. The molecule has 0 spiro atoms. The third-order valence-corrected chi connectivity index (χ3v) is 3.59. The summed E-state index contributed by atoms with van der Waals surface area (Å²) in [6, 6.07) is 12.2. The Labute approximate surface area is 143 Å². The molecular formula is C18H16N4O3. The van der Waals surface area contributed by atoms with Crippen LogP contribution in [0.1, 0.15) is 22.8 Å². The van der Waals surface area contributed by atoms with Crippen LogP contribution in [0.15, 0.2) is 59.7 Å². The minimum atomic E-state index is -0.485. The lowest BCUT2D eigenvalue weighted by Gasteiger charge is -2.07. The van der Waals surface area contributed by atoms with Crippen LogP contribution >= 0.6 is 0 Å². The Morgan fingerprint density at radius 2 is 1.88 bits per heavy atom. The second kappa shape index (κ2) is 6.96. The first-order valence-electron chi connectivity index (χ1n) is 7.66. The van der Waals surface area contributed by atoms with E-state index in [-0.39, 0.29) is 18.0 Å². The minimum Gasteiger partial charge on any atom is -0.348 e. The number of carbonyl (C=O) groups excluding carboxylic acids is 2. The molecule has 2 amide bonds. The Hall–Kier alpha value is -3.48. The van der Waals surface area contributed by atoms with E-state index in [4.69, 9.17) is 0 Å². The van der Waals surface area contributed by atoms with E-state index in [1.54, 1.807) is 48.7 Å². The summed E-state index contributed by atoms with van der Waals surface area (Å²) < 4.78 is 1.33. The molecule has 0 atom stereocenters. The number of hydrogen-bond acceptors (Lipinski definition) is 4. The topological polar surface area (TPSA) is 92.6 Å². The van der Waals surface area contributed by atoms with Gasteiger partial charge in [-0.05, 0) is 29.8 Å². The smallest absolute Gasteiger partial charge is 0.270 e. The van der Waals surface area contributed by atoms with Gasteiger partial charge in [0.15, 0.2) is 0 Å². The van der Waals surface area contributed by atoms with Crippen molar-refractivity contribution in [2.24, 2.45) is 0 Å². The average molecular weight is 336 g/mol. The molecule has 0 aliphatic heterocycles. The van der Waals surface area contributed by atoms with E-state index in [1.165, 1.54) is 17.5 Å². The number of fused-ring (bicyclic) bond motifs is 1. The number of nitrogens with zero attached hydrogens (tertiary/aromatic N) is 2. The molecule has 0 aliphatic carbocycles. The SMILES string of the molecule is CC(=O)Nc1ccc(CNC(=O)c2cnc3ccccn3c2=O)cc1. The predicted molar refractivity (Wildman–Crippen MR) is 93.4 cm³/mol. The number of benzene rings is 1. The highest BCUT2D eigenvalue weighted by Crippen LogP contribution is 2.09. The fourth-order valence-electron chi connectivity index (χ4n) is 2.37. The summed E-state index contributed by atoms with van der Waals surface area (Å²) in [7, 11) is 0. The summed E-state index contributed by atoms with van der Waals surface area (Å²) in [5, 5.41) is 5.37. The molecule has 126 valence electrons. The lowest BCUT2D eigenvalue weighted by Crippen LogP contribution is -2.31. The zero-order chi connectivity index (χ0) is 17.8. The van der Waals surface area contributed by atoms with Gasteiger partial charge < -0.3 is 10.6 Å². The molecule has 2 N–H and O–H groups in total. The number of rotatable bonds is 4. The van der Waals surface area contributed by atoms with Crippen LogP contribution in [-0.4, -0.2) is 21.2 Å².